The van der Waals surface area contributed by atoms with Crippen molar-refractivity contribution in [2.75, 3.05) is 18.6 Å². The van der Waals surface area contributed by atoms with Crippen LogP contribution < -0.4 is 15.0 Å². The lowest BCUT2D eigenvalue weighted by molar-refractivity contribution is -0.138. The van der Waals surface area contributed by atoms with Gasteiger partial charge in [-0.25, -0.2) is 0 Å². The number of hydrogen-bond acceptors (Lipinski definition) is 3. The number of methoxy groups -OCH3 is 1. The van der Waals surface area contributed by atoms with Gasteiger partial charge in [0, 0.05) is 18.7 Å². The third kappa shape index (κ3) is 4.05. The molecule has 8 heteroatoms. The normalized spacial score (nSPS) is 17.1. The molecule has 1 unspecified atom stereocenters. The second-order valence-electron chi connectivity index (χ2n) is 6.12. The number of alkyl halides is 3. The highest BCUT2D eigenvalue weighted by molar-refractivity contribution is 5.99. The lowest BCUT2D eigenvalue weighted by Crippen LogP contribution is -2.38. The Morgan fingerprint density at radius 1 is 1.15 bits per heavy atom. The van der Waals surface area contributed by atoms with Gasteiger partial charge in [0.1, 0.15) is 5.75 Å². The maximum absolute atomic E-state index is 13.1. The summed E-state index contributed by atoms with van der Waals surface area (Å²) in [7, 11) is 1.53. The van der Waals surface area contributed by atoms with E-state index in [9.17, 15) is 22.8 Å². The molecular weight excluding hydrogens is 361 g/mol. The second kappa shape index (κ2) is 7.30. The molecule has 0 radical (unpaired) electrons. The van der Waals surface area contributed by atoms with Crippen LogP contribution in [0.3, 0.4) is 0 Å². The lowest BCUT2D eigenvalue weighted by Gasteiger charge is -2.18. The Bertz CT molecular complexity index is 850. The fraction of sp³-hybridized carbons (Fsp3) is 0.263. The molecule has 2 aromatic rings. The standard InChI is InChI=1S/C19H17F3N2O3/c1-27-14-8-6-13(7-9-14)24-11-12(10-17(24)25)23-18(26)15-4-2-3-5-16(15)19(20,21)22/h2-9,12H,10-11H2,1H3,(H,23,26). The molecule has 1 heterocycles. The van der Waals surface area contributed by atoms with Crippen LogP contribution in [0.15, 0.2) is 48.5 Å². The van der Waals surface area contributed by atoms with E-state index in [2.05, 4.69) is 5.32 Å². The summed E-state index contributed by atoms with van der Waals surface area (Å²) in [6.07, 6.45) is -4.61. The summed E-state index contributed by atoms with van der Waals surface area (Å²) in [5.41, 5.74) is -0.826. The Morgan fingerprint density at radius 3 is 2.44 bits per heavy atom. The highest BCUT2D eigenvalue weighted by atomic mass is 19.4. The number of anilines is 1. The minimum absolute atomic E-state index is 0.0198. The largest absolute Gasteiger partial charge is 0.497 e. The van der Waals surface area contributed by atoms with Gasteiger partial charge in [-0.1, -0.05) is 12.1 Å². The van der Waals surface area contributed by atoms with Gasteiger partial charge in [-0.15, -0.1) is 0 Å². The minimum Gasteiger partial charge on any atom is -0.497 e. The Labute approximate surface area is 153 Å². The van der Waals surface area contributed by atoms with E-state index in [-0.39, 0.29) is 18.9 Å². The Hall–Kier alpha value is -3.03. The highest BCUT2D eigenvalue weighted by Crippen LogP contribution is 2.32. The van der Waals surface area contributed by atoms with E-state index in [1.54, 1.807) is 24.3 Å². The smallest absolute Gasteiger partial charge is 0.417 e. The molecule has 2 amide bonds. The van der Waals surface area contributed by atoms with Crippen molar-refractivity contribution in [1.82, 2.24) is 5.32 Å². The van der Waals surface area contributed by atoms with E-state index in [1.807, 2.05) is 0 Å². The van der Waals surface area contributed by atoms with Gasteiger partial charge >= 0.3 is 6.18 Å². The molecule has 0 spiro atoms. The first-order valence-corrected chi connectivity index (χ1v) is 8.21. The molecule has 0 bridgehead atoms. The van der Waals surface area contributed by atoms with Crippen LogP contribution in [0, 0.1) is 0 Å². The van der Waals surface area contributed by atoms with Gasteiger partial charge in [-0.05, 0) is 36.4 Å². The number of hydrogen-bond donors (Lipinski definition) is 1. The van der Waals surface area contributed by atoms with Crippen LogP contribution in [0.5, 0.6) is 5.75 Å². The molecule has 0 saturated carbocycles. The van der Waals surface area contributed by atoms with E-state index in [4.69, 9.17) is 4.74 Å². The number of rotatable bonds is 4. The maximum atomic E-state index is 13.1. The highest BCUT2D eigenvalue weighted by Gasteiger charge is 2.36. The average molecular weight is 378 g/mol. The zero-order chi connectivity index (χ0) is 19.6. The summed E-state index contributed by atoms with van der Waals surface area (Å²) in [5.74, 6) is -0.425. The number of amides is 2. The zero-order valence-electron chi connectivity index (χ0n) is 14.4. The number of nitrogens with one attached hydrogen (secondary N) is 1. The van der Waals surface area contributed by atoms with Crippen LogP contribution >= 0.6 is 0 Å². The fourth-order valence-corrected chi connectivity index (χ4v) is 3.01. The Morgan fingerprint density at radius 2 is 1.81 bits per heavy atom. The van der Waals surface area contributed by atoms with Crippen molar-refractivity contribution in [2.24, 2.45) is 0 Å². The third-order valence-electron chi connectivity index (χ3n) is 4.32. The van der Waals surface area contributed by atoms with Crippen LogP contribution in [-0.4, -0.2) is 31.5 Å². The van der Waals surface area contributed by atoms with E-state index in [1.165, 1.54) is 24.1 Å². The van der Waals surface area contributed by atoms with Crippen molar-refractivity contribution in [3.8, 4) is 5.75 Å². The number of ether oxygens (including phenoxy) is 1. The quantitative estimate of drug-likeness (QED) is 0.889. The Kier molecular flexibility index (Phi) is 5.07. The molecule has 0 aliphatic carbocycles. The van der Waals surface area contributed by atoms with Gasteiger partial charge in [-0.3, -0.25) is 9.59 Å². The SMILES string of the molecule is COc1ccc(N2CC(NC(=O)c3ccccc3C(F)(F)F)CC2=O)cc1. The predicted octanol–water partition coefficient (Wildman–Crippen LogP) is 3.25. The molecular formula is C19H17F3N2O3. The number of halogens is 3. The summed E-state index contributed by atoms with van der Waals surface area (Å²) < 4.78 is 44.3. The van der Waals surface area contributed by atoms with Gasteiger partial charge in [0.15, 0.2) is 0 Å². The van der Waals surface area contributed by atoms with E-state index in [0.717, 1.165) is 12.1 Å². The van der Waals surface area contributed by atoms with Gasteiger partial charge in [-0.2, -0.15) is 13.2 Å². The Balaban J connectivity index is 1.72. The number of carbonyl (C=O) groups excluding carboxylic acids is 2. The first-order chi connectivity index (χ1) is 12.8. The molecule has 3 rings (SSSR count). The number of carbonyl (C=O) groups is 2. The van der Waals surface area contributed by atoms with Gasteiger partial charge in [0.05, 0.1) is 24.3 Å². The molecule has 1 aliphatic heterocycles. The fourth-order valence-electron chi connectivity index (χ4n) is 3.01. The molecule has 1 N–H and O–H groups in total. The molecule has 2 aromatic carbocycles. The van der Waals surface area contributed by atoms with Crippen LogP contribution in [0.2, 0.25) is 0 Å². The monoisotopic (exact) mass is 378 g/mol. The number of benzene rings is 2. The van der Waals surface area contributed by atoms with Gasteiger partial charge in [0.25, 0.3) is 5.91 Å². The van der Waals surface area contributed by atoms with E-state index < -0.39 is 29.3 Å². The van der Waals surface area contributed by atoms with E-state index in [0.29, 0.717) is 11.4 Å². The summed E-state index contributed by atoms with van der Waals surface area (Å²) in [6, 6.07) is 10.8. The van der Waals surface area contributed by atoms with Crippen LogP contribution in [-0.2, 0) is 11.0 Å². The van der Waals surface area contributed by atoms with Crippen LogP contribution in [0.1, 0.15) is 22.3 Å². The topological polar surface area (TPSA) is 58.6 Å². The zero-order valence-corrected chi connectivity index (χ0v) is 14.4. The van der Waals surface area contributed by atoms with Crippen molar-refractivity contribution in [1.29, 1.82) is 0 Å². The molecule has 1 fully saturated rings. The van der Waals surface area contributed by atoms with Gasteiger partial charge < -0.3 is 15.0 Å². The van der Waals surface area contributed by atoms with Crippen molar-refractivity contribution in [2.45, 2.75) is 18.6 Å². The molecule has 0 aromatic heterocycles. The summed E-state index contributed by atoms with van der Waals surface area (Å²) in [4.78, 5) is 26.1. The van der Waals surface area contributed by atoms with Crippen LogP contribution in [0.4, 0.5) is 18.9 Å². The third-order valence-corrected chi connectivity index (χ3v) is 4.32. The maximum Gasteiger partial charge on any atom is 0.417 e. The van der Waals surface area contributed by atoms with Crippen molar-refractivity contribution in [3.63, 3.8) is 0 Å². The first kappa shape index (κ1) is 18.8. The van der Waals surface area contributed by atoms with Crippen molar-refractivity contribution in [3.05, 3.63) is 59.7 Å². The van der Waals surface area contributed by atoms with Crippen LogP contribution in [0.25, 0.3) is 0 Å². The van der Waals surface area contributed by atoms with Crippen molar-refractivity contribution < 1.29 is 27.5 Å². The molecule has 1 saturated heterocycles. The molecule has 1 atom stereocenters. The number of nitrogens with zero attached hydrogens (tertiary/aromatic N) is 1. The molecule has 5 nitrogen and oxygen atoms in total. The predicted molar refractivity (Wildman–Crippen MR) is 92.7 cm³/mol. The average Bonchev–Trinajstić information content (AvgIpc) is 3.01. The van der Waals surface area contributed by atoms with Crippen molar-refractivity contribution >= 4 is 17.5 Å². The second-order valence-corrected chi connectivity index (χ2v) is 6.12. The minimum atomic E-state index is -4.63. The lowest BCUT2D eigenvalue weighted by atomic mass is 10.1. The molecule has 142 valence electrons. The molecule has 1 aliphatic rings. The summed E-state index contributed by atoms with van der Waals surface area (Å²) in [6.45, 7) is 0.186. The summed E-state index contributed by atoms with van der Waals surface area (Å²) >= 11 is 0. The summed E-state index contributed by atoms with van der Waals surface area (Å²) in [5, 5.41) is 2.53. The van der Waals surface area contributed by atoms with E-state index >= 15 is 0 Å². The van der Waals surface area contributed by atoms with Gasteiger partial charge in [0.2, 0.25) is 5.91 Å². The molecule has 27 heavy (non-hydrogen) atoms. The first-order valence-electron chi connectivity index (χ1n) is 8.21.